The minimum atomic E-state index is 0.428. The average Bonchev–Trinajstić information content (AvgIpc) is 2.54. The van der Waals surface area contributed by atoms with Gasteiger partial charge in [0.1, 0.15) is 5.69 Å². The number of pyridine rings is 1. The Labute approximate surface area is 137 Å². The number of nitrogens with one attached hydrogen (secondary N) is 1. The predicted octanol–water partition coefficient (Wildman–Crippen LogP) is 4.57. The number of allylic oxidation sites excluding steroid dienone is 1. The van der Waals surface area contributed by atoms with Gasteiger partial charge in [-0.3, -0.25) is 0 Å². The number of benzene rings is 1. The lowest BCUT2D eigenvalue weighted by Crippen LogP contribution is -2.49. The highest BCUT2D eigenvalue weighted by atomic mass is 15.1. The SMILES string of the molecule is C1=C(C23CC4CC(CC(C4)C2)C3)Nc2cccc3ccc[n+]1c23. The molecule has 5 aliphatic rings. The molecule has 4 bridgehead atoms. The van der Waals surface area contributed by atoms with E-state index in [9.17, 15) is 0 Å². The summed E-state index contributed by atoms with van der Waals surface area (Å²) in [7, 11) is 0. The number of para-hydroxylation sites is 1. The van der Waals surface area contributed by atoms with Gasteiger partial charge in [-0.2, -0.15) is 4.57 Å². The average molecular weight is 303 g/mol. The van der Waals surface area contributed by atoms with Gasteiger partial charge >= 0.3 is 0 Å². The van der Waals surface area contributed by atoms with Gasteiger partial charge in [0.2, 0.25) is 5.52 Å². The summed E-state index contributed by atoms with van der Waals surface area (Å²) in [5.74, 6) is 2.96. The van der Waals surface area contributed by atoms with Crippen molar-refractivity contribution in [2.24, 2.45) is 23.2 Å². The summed E-state index contributed by atoms with van der Waals surface area (Å²) in [6, 6.07) is 11.0. The van der Waals surface area contributed by atoms with Gasteiger partial charge in [0.15, 0.2) is 12.4 Å². The van der Waals surface area contributed by atoms with Gasteiger partial charge in [0.05, 0.1) is 5.70 Å². The van der Waals surface area contributed by atoms with E-state index in [-0.39, 0.29) is 0 Å². The Hall–Kier alpha value is -1.83. The number of hydrogen-bond acceptors (Lipinski definition) is 1. The summed E-state index contributed by atoms with van der Waals surface area (Å²) in [5, 5.41) is 5.18. The van der Waals surface area contributed by atoms with E-state index in [1.54, 1.807) is 0 Å². The van der Waals surface area contributed by atoms with Crippen LogP contribution in [0, 0.1) is 23.2 Å². The summed E-state index contributed by atoms with van der Waals surface area (Å²) in [6.07, 6.45) is 13.4. The van der Waals surface area contributed by atoms with Gasteiger partial charge in [0, 0.05) is 16.9 Å². The molecule has 4 aliphatic carbocycles. The molecule has 0 unspecified atom stereocenters. The Balaban J connectivity index is 1.51. The molecule has 2 aromatic rings. The maximum absolute atomic E-state index is 3.86. The highest BCUT2D eigenvalue weighted by Crippen LogP contribution is 2.62. The van der Waals surface area contributed by atoms with Crippen molar-refractivity contribution in [1.29, 1.82) is 0 Å². The molecule has 4 saturated carbocycles. The van der Waals surface area contributed by atoms with Crippen LogP contribution >= 0.6 is 0 Å². The standard InChI is InChI=1S/C21H23N2/c1-3-17-4-2-6-23-13-19(22-18(5-1)20(17)23)21-10-14-7-15(11-21)9-16(8-14)12-21/h1-6,13-16,22H,7-12H2/q+1. The Morgan fingerprint density at radius 1 is 0.913 bits per heavy atom. The number of hydrogen-bond donors (Lipinski definition) is 1. The highest BCUT2D eigenvalue weighted by Gasteiger charge is 2.53. The van der Waals surface area contributed by atoms with E-state index in [2.05, 4.69) is 52.6 Å². The molecule has 7 rings (SSSR count). The second-order valence-electron chi connectivity index (χ2n) is 8.52. The topological polar surface area (TPSA) is 15.9 Å². The van der Waals surface area contributed by atoms with E-state index in [1.165, 1.54) is 60.8 Å². The Bertz CT molecular complexity index is 808. The summed E-state index contributed by atoms with van der Waals surface area (Å²) in [4.78, 5) is 0. The van der Waals surface area contributed by atoms with Crippen molar-refractivity contribution in [2.45, 2.75) is 38.5 Å². The summed E-state index contributed by atoms with van der Waals surface area (Å²) in [6.45, 7) is 0. The van der Waals surface area contributed by atoms with Crippen LogP contribution in [-0.4, -0.2) is 0 Å². The second kappa shape index (κ2) is 4.17. The van der Waals surface area contributed by atoms with Gasteiger partial charge in [0.25, 0.3) is 0 Å². The molecule has 2 heteroatoms. The van der Waals surface area contributed by atoms with E-state index < -0.39 is 0 Å². The fraction of sp³-hybridized carbons (Fsp3) is 0.476. The third-order valence-electron chi connectivity index (χ3n) is 6.99. The number of rotatable bonds is 1. The van der Waals surface area contributed by atoms with Crippen molar-refractivity contribution in [2.75, 3.05) is 5.32 Å². The Morgan fingerprint density at radius 3 is 2.35 bits per heavy atom. The molecule has 0 atom stereocenters. The van der Waals surface area contributed by atoms with Crippen LogP contribution in [0.3, 0.4) is 0 Å². The maximum Gasteiger partial charge on any atom is 0.241 e. The van der Waals surface area contributed by atoms with Gasteiger partial charge in [-0.1, -0.05) is 6.07 Å². The lowest BCUT2D eigenvalue weighted by atomic mass is 9.48. The van der Waals surface area contributed by atoms with Crippen LogP contribution in [0.5, 0.6) is 0 Å². The van der Waals surface area contributed by atoms with Gasteiger partial charge < -0.3 is 5.32 Å². The van der Waals surface area contributed by atoms with E-state index in [0.717, 1.165) is 17.8 Å². The molecule has 23 heavy (non-hydrogen) atoms. The number of anilines is 1. The van der Waals surface area contributed by atoms with Crippen molar-refractivity contribution in [3.63, 3.8) is 0 Å². The Kier molecular flexibility index (Phi) is 2.28. The number of aromatic nitrogens is 1. The van der Waals surface area contributed by atoms with Crippen LogP contribution in [-0.2, 0) is 0 Å². The quantitative estimate of drug-likeness (QED) is 0.763. The van der Waals surface area contributed by atoms with Gasteiger partial charge in [-0.25, -0.2) is 0 Å². The molecule has 116 valence electrons. The molecule has 1 N–H and O–H groups in total. The maximum atomic E-state index is 3.86. The van der Waals surface area contributed by atoms with E-state index in [0.29, 0.717) is 5.41 Å². The lowest BCUT2D eigenvalue weighted by Gasteiger charge is -2.57. The molecule has 1 aromatic carbocycles. The third kappa shape index (κ3) is 1.67. The minimum absolute atomic E-state index is 0.428. The second-order valence-corrected chi connectivity index (χ2v) is 8.52. The molecule has 2 heterocycles. The first-order chi connectivity index (χ1) is 11.3. The van der Waals surface area contributed by atoms with Crippen molar-refractivity contribution in [3.05, 3.63) is 42.2 Å². The van der Waals surface area contributed by atoms with Crippen LogP contribution in [0.25, 0.3) is 17.1 Å². The van der Waals surface area contributed by atoms with Gasteiger partial charge in [-0.15, -0.1) is 0 Å². The summed E-state index contributed by atoms with van der Waals surface area (Å²) in [5.41, 5.74) is 4.53. The molecule has 1 aromatic heterocycles. The smallest absolute Gasteiger partial charge is 0.241 e. The monoisotopic (exact) mass is 303 g/mol. The zero-order valence-electron chi connectivity index (χ0n) is 13.5. The van der Waals surface area contributed by atoms with Crippen molar-refractivity contribution in [1.82, 2.24) is 0 Å². The van der Waals surface area contributed by atoms with Crippen LogP contribution in [0.1, 0.15) is 38.5 Å². The molecular weight excluding hydrogens is 280 g/mol. The van der Waals surface area contributed by atoms with Gasteiger partial charge in [-0.05, 0) is 74.5 Å². The van der Waals surface area contributed by atoms with E-state index >= 15 is 0 Å². The van der Waals surface area contributed by atoms with Crippen LogP contribution < -0.4 is 9.88 Å². The molecule has 0 spiro atoms. The fourth-order valence-electron chi connectivity index (χ4n) is 6.53. The summed E-state index contributed by atoms with van der Waals surface area (Å²) >= 11 is 0. The van der Waals surface area contributed by atoms with E-state index in [1.807, 2.05) is 0 Å². The van der Waals surface area contributed by atoms with Crippen LogP contribution in [0.2, 0.25) is 0 Å². The first-order valence-corrected chi connectivity index (χ1v) is 9.21. The molecule has 0 radical (unpaired) electrons. The summed E-state index contributed by atoms with van der Waals surface area (Å²) < 4.78 is 2.36. The molecular formula is C21H23N2+. The molecule has 0 amide bonds. The molecule has 1 aliphatic heterocycles. The highest BCUT2D eigenvalue weighted by molar-refractivity contribution is 5.90. The van der Waals surface area contributed by atoms with Crippen molar-refractivity contribution >= 4 is 22.8 Å². The molecule has 0 saturated heterocycles. The minimum Gasteiger partial charge on any atom is -0.348 e. The lowest BCUT2D eigenvalue weighted by molar-refractivity contribution is -0.540. The van der Waals surface area contributed by atoms with Crippen molar-refractivity contribution in [3.8, 4) is 0 Å². The normalized spacial score (nSPS) is 36.9. The molecule has 4 fully saturated rings. The first-order valence-electron chi connectivity index (χ1n) is 9.21. The number of nitrogens with zero attached hydrogens (tertiary/aromatic N) is 1. The largest absolute Gasteiger partial charge is 0.348 e. The van der Waals surface area contributed by atoms with Crippen molar-refractivity contribution < 1.29 is 4.57 Å². The fourth-order valence-corrected chi connectivity index (χ4v) is 6.53. The Morgan fingerprint density at radius 2 is 1.61 bits per heavy atom. The molecule has 2 nitrogen and oxygen atoms in total. The predicted molar refractivity (Wildman–Crippen MR) is 92.6 cm³/mol. The van der Waals surface area contributed by atoms with E-state index in [4.69, 9.17) is 0 Å². The first kappa shape index (κ1) is 12.6. The third-order valence-corrected chi connectivity index (χ3v) is 6.99. The van der Waals surface area contributed by atoms with Crippen LogP contribution in [0.15, 0.2) is 42.2 Å². The van der Waals surface area contributed by atoms with Crippen LogP contribution in [0.4, 0.5) is 5.69 Å². The zero-order valence-corrected chi connectivity index (χ0v) is 13.5. The zero-order chi connectivity index (χ0) is 15.0.